The van der Waals surface area contributed by atoms with Gasteiger partial charge in [0.05, 0.1) is 4.92 Å². The predicted molar refractivity (Wildman–Crippen MR) is 86.6 cm³/mol. The van der Waals surface area contributed by atoms with E-state index in [4.69, 9.17) is 0 Å². The number of anilines is 1. The molecule has 0 saturated carbocycles. The van der Waals surface area contributed by atoms with Gasteiger partial charge in [0.1, 0.15) is 0 Å². The van der Waals surface area contributed by atoms with Crippen LogP contribution >= 0.6 is 0 Å². The number of rotatable bonds is 5. The molecule has 2 aromatic rings. The van der Waals surface area contributed by atoms with Crippen LogP contribution < -0.4 is 4.90 Å². The summed E-state index contributed by atoms with van der Waals surface area (Å²) in [5, 5.41) is 10.7. The Balaban J connectivity index is 2.32. The third-order valence-corrected chi connectivity index (χ3v) is 3.25. The molecule has 0 bridgehead atoms. The average Bonchev–Trinajstić information content (AvgIpc) is 2.53. The molecule has 0 saturated heterocycles. The van der Waals surface area contributed by atoms with Crippen LogP contribution in [0.1, 0.15) is 12.5 Å². The van der Waals surface area contributed by atoms with Crippen LogP contribution in [0.4, 0.5) is 11.4 Å². The van der Waals surface area contributed by atoms with Crippen molar-refractivity contribution in [3.8, 4) is 0 Å². The van der Waals surface area contributed by atoms with E-state index in [1.54, 1.807) is 30.3 Å². The number of allylic oxidation sites excluding steroid dienone is 1. The van der Waals surface area contributed by atoms with Crippen molar-refractivity contribution in [2.75, 3.05) is 11.9 Å². The largest absolute Gasteiger partial charge is 0.350 e. The van der Waals surface area contributed by atoms with Gasteiger partial charge in [-0.25, -0.2) is 0 Å². The Kier molecular flexibility index (Phi) is 4.68. The second-order valence-corrected chi connectivity index (χ2v) is 4.85. The molecule has 0 radical (unpaired) electrons. The summed E-state index contributed by atoms with van der Waals surface area (Å²) in [4.78, 5) is 23.9. The molecule has 5 heteroatoms. The van der Waals surface area contributed by atoms with Gasteiger partial charge in [0.15, 0.2) is 5.78 Å². The maximum atomic E-state index is 11.9. The Morgan fingerprint density at radius 1 is 1.09 bits per heavy atom. The zero-order valence-corrected chi connectivity index (χ0v) is 12.4. The summed E-state index contributed by atoms with van der Waals surface area (Å²) in [6.07, 6.45) is 1.73. The topological polar surface area (TPSA) is 63.5 Å². The fraction of sp³-hybridized carbons (Fsp3) is 0.118. The first-order valence-corrected chi connectivity index (χ1v) is 6.74. The number of ketones is 1. The van der Waals surface area contributed by atoms with E-state index in [9.17, 15) is 14.9 Å². The van der Waals surface area contributed by atoms with Crippen LogP contribution in [-0.4, -0.2) is 17.8 Å². The van der Waals surface area contributed by atoms with Gasteiger partial charge in [-0.15, -0.1) is 0 Å². The van der Waals surface area contributed by atoms with E-state index in [1.165, 1.54) is 19.1 Å². The highest BCUT2D eigenvalue weighted by Crippen LogP contribution is 2.22. The quantitative estimate of drug-likeness (QED) is 0.480. The van der Waals surface area contributed by atoms with E-state index < -0.39 is 4.92 Å². The Hall–Kier alpha value is -2.95. The van der Waals surface area contributed by atoms with Crippen LogP contribution in [0.3, 0.4) is 0 Å². The molecule has 0 unspecified atom stereocenters. The van der Waals surface area contributed by atoms with Gasteiger partial charge < -0.3 is 4.90 Å². The minimum Gasteiger partial charge on any atom is -0.350 e. The molecule has 2 rings (SSSR count). The first kappa shape index (κ1) is 15.4. The number of hydrogen-bond donors (Lipinski definition) is 0. The molecule has 22 heavy (non-hydrogen) atoms. The van der Waals surface area contributed by atoms with Crippen LogP contribution in [0, 0.1) is 10.1 Å². The fourth-order valence-corrected chi connectivity index (χ4v) is 2.06. The number of hydrogen-bond acceptors (Lipinski definition) is 4. The first-order chi connectivity index (χ1) is 10.5. The Labute approximate surface area is 128 Å². The number of Topliss-reactive ketones (excluding diaryl/α,β-unsaturated/α-hetero) is 1. The molecule has 0 aliphatic heterocycles. The lowest BCUT2D eigenvalue weighted by atomic mass is 10.0. The Bertz CT molecular complexity index is 706. The number of nitro groups is 1. The van der Waals surface area contributed by atoms with Gasteiger partial charge in [0.25, 0.3) is 5.69 Å². The average molecular weight is 296 g/mol. The Morgan fingerprint density at radius 2 is 1.68 bits per heavy atom. The van der Waals surface area contributed by atoms with Crippen molar-refractivity contribution in [2.24, 2.45) is 0 Å². The van der Waals surface area contributed by atoms with Crippen molar-refractivity contribution < 1.29 is 9.72 Å². The van der Waals surface area contributed by atoms with E-state index in [-0.39, 0.29) is 11.5 Å². The van der Waals surface area contributed by atoms with Crippen LogP contribution in [0.15, 0.2) is 60.8 Å². The number of carbonyl (C=O) groups excluding carboxylic acids is 1. The second kappa shape index (κ2) is 6.67. The lowest BCUT2D eigenvalue weighted by Gasteiger charge is -2.16. The van der Waals surface area contributed by atoms with Crippen molar-refractivity contribution in [3.63, 3.8) is 0 Å². The lowest BCUT2D eigenvalue weighted by molar-refractivity contribution is -0.384. The highest BCUT2D eigenvalue weighted by atomic mass is 16.6. The molecule has 2 aromatic carbocycles. The minimum absolute atomic E-state index is 0.0379. The number of benzene rings is 2. The van der Waals surface area contributed by atoms with Gasteiger partial charge in [-0.2, -0.15) is 0 Å². The van der Waals surface area contributed by atoms with Gasteiger partial charge in [-0.1, -0.05) is 30.3 Å². The fourth-order valence-electron chi connectivity index (χ4n) is 2.06. The van der Waals surface area contributed by atoms with Crippen molar-refractivity contribution in [1.29, 1.82) is 0 Å². The van der Waals surface area contributed by atoms with E-state index >= 15 is 0 Å². The Morgan fingerprint density at radius 3 is 2.18 bits per heavy atom. The van der Waals surface area contributed by atoms with Crippen molar-refractivity contribution in [3.05, 3.63) is 76.5 Å². The molecule has 112 valence electrons. The molecule has 0 amide bonds. The number of carbonyl (C=O) groups is 1. The maximum absolute atomic E-state index is 11.9. The van der Waals surface area contributed by atoms with Crippen LogP contribution in [0.25, 0.3) is 5.57 Å². The summed E-state index contributed by atoms with van der Waals surface area (Å²) >= 11 is 0. The van der Waals surface area contributed by atoms with Crippen molar-refractivity contribution in [2.45, 2.75) is 6.92 Å². The summed E-state index contributed by atoms with van der Waals surface area (Å²) in [6.45, 7) is 1.52. The molecule has 0 heterocycles. The SMILES string of the molecule is CC(=O)/C(=C\N(C)c1ccc([N+](=O)[O-])cc1)c1ccccc1. The molecular weight excluding hydrogens is 280 g/mol. The van der Waals surface area contributed by atoms with Gasteiger partial charge in [0.2, 0.25) is 0 Å². The van der Waals surface area contributed by atoms with Crippen LogP contribution in [0.5, 0.6) is 0 Å². The lowest BCUT2D eigenvalue weighted by Crippen LogP contribution is -2.11. The van der Waals surface area contributed by atoms with Gasteiger partial charge >= 0.3 is 0 Å². The molecule has 5 nitrogen and oxygen atoms in total. The number of nitrogens with zero attached hydrogens (tertiary/aromatic N) is 2. The molecule has 0 aliphatic carbocycles. The van der Waals surface area contributed by atoms with Gasteiger partial charge in [-0.3, -0.25) is 14.9 Å². The molecular formula is C17H16N2O3. The normalized spacial score (nSPS) is 11.1. The van der Waals surface area contributed by atoms with Gasteiger partial charge in [-0.05, 0) is 24.6 Å². The molecule has 0 spiro atoms. The zero-order chi connectivity index (χ0) is 16.1. The summed E-state index contributed by atoms with van der Waals surface area (Å²) in [5.74, 6) is -0.0417. The smallest absolute Gasteiger partial charge is 0.269 e. The first-order valence-electron chi connectivity index (χ1n) is 6.74. The van der Waals surface area contributed by atoms with Crippen molar-refractivity contribution in [1.82, 2.24) is 0 Å². The minimum atomic E-state index is -0.440. The molecule has 0 aromatic heterocycles. The number of non-ortho nitro benzene ring substituents is 1. The molecule has 0 atom stereocenters. The molecule has 0 N–H and O–H groups in total. The summed E-state index contributed by atoms with van der Waals surface area (Å²) in [5.41, 5.74) is 2.22. The van der Waals surface area contributed by atoms with E-state index in [0.717, 1.165) is 11.3 Å². The predicted octanol–water partition coefficient (Wildman–Crippen LogP) is 3.66. The monoisotopic (exact) mass is 296 g/mol. The van der Waals surface area contributed by atoms with E-state index in [2.05, 4.69) is 0 Å². The summed E-state index contributed by atoms with van der Waals surface area (Å²) in [7, 11) is 1.80. The molecule has 0 fully saturated rings. The molecule has 0 aliphatic rings. The third-order valence-electron chi connectivity index (χ3n) is 3.25. The number of nitro benzene ring substituents is 1. The van der Waals surface area contributed by atoms with E-state index in [0.29, 0.717) is 5.57 Å². The highest BCUT2D eigenvalue weighted by Gasteiger charge is 2.10. The zero-order valence-electron chi connectivity index (χ0n) is 12.4. The highest BCUT2D eigenvalue weighted by molar-refractivity contribution is 6.19. The van der Waals surface area contributed by atoms with Gasteiger partial charge in [0, 0.05) is 36.6 Å². The van der Waals surface area contributed by atoms with Crippen LogP contribution in [0.2, 0.25) is 0 Å². The van der Waals surface area contributed by atoms with E-state index in [1.807, 2.05) is 30.3 Å². The van der Waals surface area contributed by atoms with Crippen molar-refractivity contribution >= 4 is 22.7 Å². The maximum Gasteiger partial charge on any atom is 0.269 e. The second-order valence-electron chi connectivity index (χ2n) is 4.85. The standard InChI is InChI=1S/C17H16N2O3/c1-13(20)17(14-6-4-3-5-7-14)12-18(2)15-8-10-16(11-9-15)19(21)22/h3-12H,1-2H3/b17-12+. The summed E-state index contributed by atoms with van der Waals surface area (Å²) in [6, 6.07) is 15.6. The van der Waals surface area contributed by atoms with Crippen LogP contribution in [-0.2, 0) is 4.79 Å². The summed E-state index contributed by atoms with van der Waals surface area (Å²) < 4.78 is 0. The third kappa shape index (κ3) is 3.58.